The molecule has 0 unspecified atom stereocenters. The van der Waals surface area contributed by atoms with Gasteiger partial charge in [-0.3, -0.25) is 4.79 Å². The molecule has 30 heavy (non-hydrogen) atoms. The van der Waals surface area contributed by atoms with Gasteiger partial charge < -0.3 is 15.2 Å². The van der Waals surface area contributed by atoms with Gasteiger partial charge in [0, 0.05) is 12.1 Å². The minimum atomic E-state index is -3.88. The lowest BCUT2D eigenvalue weighted by Crippen LogP contribution is -2.49. The third-order valence-corrected chi connectivity index (χ3v) is 5.80. The van der Waals surface area contributed by atoms with Crippen molar-refractivity contribution in [2.45, 2.75) is 38.3 Å². The van der Waals surface area contributed by atoms with Crippen molar-refractivity contribution in [3.8, 4) is 5.75 Å². The zero-order valence-corrected chi connectivity index (χ0v) is 17.9. The number of carboxylic acids is 1. The molecule has 162 valence electrons. The minimum absolute atomic E-state index is 0.0596. The van der Waals surface area contributed by atoms with Gasteiger partial charge in [0.25, 0.3) is 0 Å². The molecule has 0 spiro atoms. The first-order valence-electron chi connectivity index (χ1n) is 9.39. The van der Waals surface area contributed by atoms with Gasteiger partial charge in [0.1, 0.15) is 11.8 Å². The molecule has 8 nitrogen and oxygen atoms in total. The number of aliphatic carboxylic acids is 1. The second-order valence-electron chi connectivity index (χ2n) is 7.16. The number of para-hydroxylation sites is 1. The average Bonchev–Trinajstić information content (AvgIpc) is 2.69. The van der Waals surface area contributed by atoms with Crippen molar-refractivity contribution in [2.24, 2.45) is 5.92 Å². The van der Waals surface area contributed by atoms with E-state index in [9.17, 15) is 18.0 Å². The molecule has 0 aromatic heterocycles. The van der Waals surface area contributed by atoms with Gasteiger partial charge in [0.2, 0.25) is 15.9 Å². The van der Waals surface area contributed by atoms with Crippen molar-refractivity contribution in [3.05, 3.63) is 59.7 Å². The van der Waals surface area contributed by atoms with Crippen LogP contribution in [0.15, 0.2) is 53.4 Å². The van der Waals surface area contributed by atoms with Gasteiger partial charge in [-0.05, 0) is 31.0 Å². The summed E-state index contributed by atoms with van der Waals surface area (Å²) >= 11 is 0. The Kier molecular flexibility index (Phi) is 7.96. The van der Waals surface area contributed by atoms with Crippen molar-refractivity contribution in [1.82, 2.24) is 10.0 Å². The Balaban J connectivity index is 2.10. The van der Waals surface area contributed by atoms with Gasteiger partial charge in [-0.1, -0.05) is 49.7 Å². The van der Waals surface area contributed by atoms with Crippen molar-refractivity contribution in [3.63, 3.8) is 0 Å². The highest BCUT2D eigenvalue weighted by molar-refractivity contribution is 7.89. The van der Waals surface area contributed by atoms with E-state index >= 15 is 0 Å². The Morgan fingerprint density at radius 2 is 1.70 bits per heavy atom. The van der Waals surface area contributed by atoms with E-state index in [1.165, 1.54) is 12.1 Å². The maximum Gasteiger partial charge on any atom is 0.341 e. The zero-order chi connectivity index (χ0) is 22.3. The third kappa shape index (κ3) is 6.57. The maximum absolute atomic E-state index is 12.7. The minimum Gasteiger partial charge on any atom is -0.482 e. The number of amides is 1. The summed E-state index contributed by atoms with van der Waals surface area (Å²) in [5.74, 6) is -1.57. The highest BCUT2D eigenvalue weighted by atomic mass is 32.2. The first-order chi connectivity index (χ1) is 14.1. The van der Waals surface area contributed by atoms with E-state index in [0.29, 0.717) is 11.3 Å². The fraction of sp³-hybridized carbons (Fsp3) is 0.333. The second kappa shape index (κ2) is 10.2. The Morgan fingerprint density at radius 3 is 2.30 bits per heavy atom. The van der Waals surface area contributed by atoms with Crippen LogP contribution >= 0.6 is 0 Å². The maximum atomic E-state index is 12.7. The van der Waals surface area contributed by atoms with E-state index in [1.807, 2.05) is 6.92 Å². The summed E-state index contributed by atoms with van der Waals surface area (Å²) in [6, 6.07) is 12.1. The van der Waals surface area contributed by atoms with Crippen LogP contribution in [0.5, 0.6) is 5.75 Å². The Hall–Kier alpha value is -2.91. The molecule has 0 aliphatic carbocycles. The molecule has 0 aliphatic heterocycles. The number of hydrogen-bond donors (Lipinski definition) is 3. The van der Waals surface area contributed by atoms with Crippen LogP contribution in [-0.2, 0) is 26.2 Å². The van der Waals surface area contributed by atoms with Crippen LogP contribution in [-0.4, -0.2) is 38.0 Å². The molecular weight excluding hydrogens is 408 g/mol. The van der Waals surface area contributed by atoms with Crippen molar-refractivity contribution >= 4 is 21.9 Å². The van der Waals surface area contributed by atoms with E-state index < -0.39 is 34.5 Å². The number of ether oxygens (including phenoxy) is 1. The predicted octanol–water partition coefficient (Wildman–Crippen LogP) is 2.08. The highest BCUT2D eigenvalue weighted by Crippen LogP contribution is 2.18. The number of rotatable bonds is 10. The van der Waals surface area contributed by atoms with Gasteiger partial charge in [0.05, 0.1) is 4.90 Å². The predicted molar refractivity (Wildman–Crippen MR) is 112 cm³/mol. The van der Waals surface area contributed by atoms with E-state index in [-0.39, 0.29) is 17.4 Å². The van der Waals surface area contributed by atoms with Gasteiger partial charge in [-0.25, -0.2) is 13.2 Å². The summed E-state index contributed by atoms with van der Waals surface area (Å²) in [4.78, 5) is 23.5. The first kappa shape index (κ1) is 23.4. The molecule has 0 radical (unpaired) electrons. The number of carboxylic acid groups (broad SMARTS) is 1. The summed E-state index contributed by atoms with van der Waals surface area (Å²) in [6.07, 6.45) is 0. The van der Waals surface area contributed by atoms with Crippen LogP contribution in [0, 0.1) is 12.8 Å². The van der Waals surface area contributed by atoms with E-state index in [4.69, 9.17) is 9.84 Å². The molecule has 0 saturated carbocycles. The van der Waals surface area contributed by atoms with Crippen molar-refractivity contribution in [2.75, 3.05) is 6.61 Å². The molecule has 0 bridgehead atoms. The molecule has 1 amide bonds. The molecule has 0 aliphatic rings. The zero-order valence-electron chi connectivity index (χ0n) is 17.1. The molecule has 2 rings (SSSR count). The van der Waals surface area contributed by atoms with Crippen molar-refractivity contribution < 1.29 is 27.9 Å². The van der Waals surface area contributed by atoms with Gasteiger partial charge in [-0.15, -0.1) is 0 Å². The van der Waals surface area contributed by atoms with Crippen LogP contribution in [0.4, 0.5) is 0 Å². The van der Waals surface area contributed by atoms with Crippen molar-refractivity contribution in [1.29, 1.82) is 0 Å². The van der Waals surface area contributed by atoms with Crippen LogP contribution < -0.4 is 14.8 Å². The molecule has 0 saturated heterocycles. The summed E-state index contributed by atoms with van der Waals surface area (Å²) in [5.41, 5.74) is 1.51. The second-order valence-corrected chi connectivity index (χ2v) is 8.88. The lowest BCUT2D eigenvalue weighted by Gasteiger charge is -2.22. The first-order valence-corrected chi connectivity index (χ1v) is 10.9. The fourth-order valence-corrected chi connectivity index (χ4v) is 4.01. The Bertz CT molecular complexity index is 987. The molecular formula is C21H26N2O6S. The van der Waals surface area contributed by atoms with E-state index in [1.54, 1.807) is 50.2 Å². The van der Waals surface area contributed by atoms with E-state index in [2.05, 4.69) is 10.0 Å². The number of aryl methyl sites for hydroxylation is 1. The Labute approximate surface area is 176 Å². The molecule has 1 atom stereocenters. The summed E-state index contributed by atoms with van der Waals surface area (Å²) in [7, 11) is -3.88. The smallest absolute Gasteiger partial charge is 0.341 e. The monoisotopic (exact) mass is 434 g/mol. The largest absolute Gasteiger partial charge is 0.482 e. The molecule has 2 aromatic rings. The topological polar surface area (TPSA) is 122 Å². The number of benzene rings is 2. The molecule has 0 fully saturated rings. The number of nitrogens with one attached hydrogen (secondary N) is 2. The number of sulfonamides is 1. The molecule has 0 heterocycles. The normalized spacial score (nSPS) is 12.4. The number of carbonyl (C=O) groups is 2. The lowest BCUT2D eigenvalue weighted by molar-refractivity contribution is -0.139. The number of hydrogen-bond acceptors (Lipinski definition) is 5. The molecule has 2 aromatic carbocycles. The summed E-state index contributed by atoms with van der Waals surface area (Å²) in [5, 5.41) is 11.5. The van der Waals surface area contributed by atoms with Crippen LogP contribution in [0.3, 0.4) is 0 Å². The quantitative estimate of drug-likeness (QED) is 0.526. The fourth-order valence-electron chi connectivity index (χ4n) is 2.67. The molecule has 3 N–H and O–H groups in total. The standard InChI is InChI=1S/C21H26N2O6S/c1-14(2)20(23-30(27,28)17-10-8-15(3)9-11-17)21(26)22-12-16-6-4-5-7-18(16)29-13-19(24)25/h4-11,14,20,23H,12-13H2,1-3H3,(H,22,26)(H,24,25)/t20-/m1/s1. The Morgan fingerprint density at radius 1 is 1.07 bits per heavy atom. The SMILES string of the molecule is Cc1ccc(S(=O)(=O)N[C@@H](C(=O)NCc2ccccc2OCC(=O)O)C(C)C)cc1. The van der Waals surface area contributed by atoms with E-state index in [0.717, 1.165) is 5.56 Å². The van der Waals surface area contributed by atoms with Gasteiger partial charge >= 0.3 is 5.97 Å². The summed E-state index contributed by atoms with van der Waals surface area (Å²) < 4.78 is 33.0. The van der Waals surface area contributed by atoms with Gasteiger partial charge in [0.15, 0.2) is 6.61 Å². The third-order valence-electron chi connectivity index (χ3n) is 4.34. The summed E-state index contributed by atoms with van der Waals surface area (Å²) in [6.45, 7) is 4.89. The average molecular weight is 435 g/mol. The molecule has 9 heteroatoms. The lowest BCUT2D eigenvalue weighted by atomic mass is 10.0. The van der Waals surface area contributed by atoms with Crippen LogP contribution in [0.2, 0.25) is 0 Å². The highest BCUT2D eigenvalue weighted by Gasteiger charge is 2.28. The van der Waals surface area contributed by atoms with Crippen LogP contribution in [0.1, 0.15) is 25.0 Å². The van der Waals surface area contributed by atoms with Gasteiger partial charge in [-0.2, -0.15) is 4.72 Å². The number of carbonyl (C=O) groups excluding carboxylic acids is 1. The van der Waals surface area contributed by atoms with Crippen LogP contribution in [0.25, 0.3) is 0 Å².